The third-order valence-corrected chi connectivity index (χ3v) is 5.53. The number of benzene rings is 3. The first kappa shape index (κ1) is 27.2. The van der Waals surface area contributed by atoms with Gasteiger partial charge in [0.25, 0.3) is 0 Å². The summed E-state index contributed by atoms with van der Waals surface area (Å²) in [5.41, 5.74) is 4.32. The quantitative estimate of drug-likeness (QED) is 0.215. The van der Waals surface area contributed by atoms with Gasteiger partial charge in [0.2, 0.25) is 0 Å². The summed E-state index contributed by atoms with van der Waals surface area (Å²) in [7, 11) is 3.07. The summed E-state index contributed by atoms with van der Waals surface area (Å²) in [5.74, 6) is 0.221. The number of ketones is 1. The van der Waals surface area contributed by atoms with Crippen LogP contribution in [-0.2, 0) is 16.0 Å². The maximum atomic E-state index is 12.3. The highest BCUT2D eigenvalue weighted by Gasteiger charge is 2.10. The molecule has 0 heterocycles. The molecule has 0 bridgehead atoms. The number of hydrogen-bond donors (Lipinski definition) is 4. The molecule has 0 atom stereocenters. The number of Topliss-reactive ketones (excluding diaryl/α,β-unsaturated/α-hetero) is 1. The lowest BCUT2D eigenvalue weighted by molar-refractivity contribution is -0.117. The number of nitrogens with one attached hydrogen (secondary N) is 4. The Bertz CT molecular complexity index is 1230. The van der Waals surface area contributed by atoms with Crippen molar-refractivity contribution in [2.24, 2.45) is 0 Å². The van der Waals surface area contributed by atoms with Crippen LogP contribution in [0.5, 0.6) is 5.75 Å². The SMILES string of the molecule is CNc1cc(C(=O)OC)ccc1OCCNCC(=O)Cc1ccc(NC(=O)Nc2ccccc2C)cc1. The largest absolute Gasteiger partial charge is 0.490 e. The van der Waals surface area contributed by atoms with Gasteiger partial charge in [0.15, 0.2) is 5.78 Å². The van der Waals surface area contributed by atoms with Crippen molar-refractivity contribution in [3.8, 4) is 5.75 Å². The van der Waals surface area contributed by atoms with E-state index in [9.17, 15) is 14.4 Å². The predicted octanol–water partition coefficient (Wildman–Crippen LogP) is 4.25. The van der Waals surface area contributed by atoms with E-state index in [4.69, 9.17) is 9.47 Å². The maximum absolute atomic E-state index is 12.3. The van der Waals surface area contributed by atoms with E-state index in [0.717, 1.165) is 16.8 Å². The number of rotatable bonds is 12. The number of aryl methyl sites for hydroxylation is 1. The summed E-state index contributed by atoms with van der Waals surface area (Å²) in [4.78, 5) is 36.2. The first-order valence-electron chi connectivity index (χ1n) is 11.9. The van der Waals surface area contributed by atoms with Gasteiger partial charge in [0.1, 0.15) is 12.4 Å². The van der Waals surface area contributed by atoms with Crippen molar-refractivity contribution in [2.45, 2.75) is 13.3 Å². The standard InChI is InChI=1S/C28H32N4O5/c1-19-6-4-5-7-24(19)32-28(35)31-22-11-8-20(9-12-22)16-23(33)18-30-14-15-37-26-13-10-21(27(34)36-3)17-25(26)29-2/h4-13,17,29-30H,14-16,18H2,1-3H3,(H2,31,32,35). The van der Waals surface area contributed by atoms with Gasteiger partial charge in [-0.1, -0.05) is 30.3 Å². The molecule has 9 heteroatoms. The molecule has 0 aliphatic carbocycles. The molecule has 0 spiro atoms. The predicted molar refractivity (Wildman–Crippen MR) is 145 cm³/mol. The Morgan fingerprint density at radius 3 is 2.35 bits per heavy atom. The second-order valence-electron chi connectivity index (χ2n) is 8.28. The minimum Gasteiger partial charge on any atom is -0.490 e. The Morgan fingerprint density at radius 2 is 1.65 bits per heavy atom. The van der Waals surface area contributed by atoms with E-state index in [1.54, 1.807) is 37.4 Å². The second kappa shape index (κ2) is 13.6. The van der Waals surface area contributed by atoms with Gasteiger partial charge >= 0.3 is 12.0 Å². The highest BCUT2D eigenvalue weighted by atomic mass is 16.5. The molecule has 9 nitrogen and oxygen atoms in total. The van der Waals surface area contributed by atoms with Crippen LogP contribution in [0.3, 0.4) is 0 Å². The molecular weight excluding hydrogens is 472 g/mol. The summed E-state index contributed by atoms with van der Waals surface area (Å²) in [6.07, 6.45) is 0.280. The molecule has 0 unspecified atom stereocenters. The Balaban J connectivity index is 1.37. The van der Waals surface area contributed by atoms with Crippen molar-refractivity contribution in [1.82, 2.24) is 5.32 Å². The van der Waals surface area contributed by atoms with Crippen LogP contribution in [0.4, 0.5) is 21.9 Å². The third kappa shape index (κ3) is 8.36. The molecule has 0 aromatic heterocycles. The minimum atomic E-state index is -0.419. The fourth-order valence-electron chi connectivity index (χ4n) is 3.55. The number of methoxy groups -OCH3 is 1. The number of para-hydroxylation sites is 1. The Labute approximate surface area is 216 Å². The van der Waals surface area contributed by atoms with Crippen molar-refractivity contribution >= 4 is 34.8 Å². The van der Waals surface area contributed by atoms with Crippen LogP contribution in [0.1, 0.15) is 21.5 Å². The minimum absolute atomic E-state index is 0.0383. The Kier molecular flexibility index (Phi) is 10.0. The Hall–Kier alpha value is -4.37. The molecule has 3 aromatic carbocycles. The molecule has 3 rings (SSSR count). The number of hydrogen-bond acceptors (Lipinski definition) is 7. The number of ether oxygens (including phenoxy) is 2. The topological polar surface area (TPSA) is 118 Å². The molecular formula is C28H32N4O5. The summed E-state index contributed by atoms with van der Waals surface area (Å²) < 4.78 is 10.5. The van der Waals surface area contributed by atoms with E-state index in [0.29, 0.717) is 35.8 Å². The van der Waals surface area contributed by atoms with Crippen LogP contribution in [0.2, 0.25) is 0 Å². The zero-order valence-electron chi connectivity index (χ0n) is 21.2. The van der Waals surface area contributed by atoms with Crippen LogP contribution in [0.15, 0.2) is 66.7 Å². The van der Waals surface area contributed by atoms with Crippen molar-refractivity contribution in [3.05, 3.63) is 83.4 Å². The molecule has 0 aliphatic rings. The van der Waals surface area contributed by atoms with Crippen LogP contribution >= 0.6 is 0 Å². The Morgan fingerprint density at radius 1 is 0.892 bits per heavy atom. The second-order valence-corrected chi connectivity index (χ2v) is 8.28. The van der Waals surface area contributed by atoms with E-state index in [-0.39, 0.29) is 24.8 Å². The lowest BCUT2D eigenvalue weighted by Gasteiger charge is -2.13. The van der Waals surface area contributed by atoms with Crippen LogP contribution in [0, 0.1) is 6.92 Å². The average Bonchev–Trinajstić information content (AvgIpc) is 2.90. The number of esters is 1. The first-order valence-corrected chi connectivity index (χ1v) is 11.9. The highest BCUT2D eigenvalue weighted by molar-refractivity contribution is 6.00. The molecule has 0 saturated heterocycles. The molecule has 194 valence electrons. The average molecular weight is 505 g/mol. The van der Waals surface area contributed by atoms with Gasteiger partial charge in [-0.05, 0) is 54.4 Å². The van der Waals surface area contributed by atoms with Crippen molar-refractivity contribution in [3.63, 3.8) is 0 Å². The summed E-state index contributed by atoms with van der Waals surface area (Å²) in [5, 5.41) is 11.7. The number of amides is 2. The van der Waals surface area contributed by atoms with Crippen molar-refractivity contribution < 1.29 is 23.9 Å². The third-order valence-electron chi connectivity index (χ3n) is 5.53. The molecule has 3 aromatic rings. The zero-order chi connectivity index (χ0) is 26.6. The van der Waals surface area contributed by atoms with Gasteiger partial charge in [-0.3, -0.25) is 4.79 Å². The summed E-state index contributed by atoms with van der Waals surface area (Å²) in [6.45, 7) is 2.97. The molecule has 4 N–H and O–H groups in total. The molecule has 2 amide bonds. The van der Waals surface area contributed by atoms with Crippen LogP contribution in [0.25, 0.3) is 0 Å². The fraction of sp³-hybridized carbons (Fsp3) is 0.250. The monoisotopic (exact) mass is 504 g/mol. The summed E-state index contributed by atoms with van der Waals surface area (Å²) >= 11 is 0. The summed E-state index contributed by atoms with van der Waals surface area (Å²) in [6, 6.07) is 19.4. The van der Waals surface area contributed by atoms with E-state index in [1.165, 1.54) is 7.11 Å². The smallest absolute Gasteiger partial charge is 0.337 e. The molecule has 0 fully saturated rings. The maximum Gasteiger partial charge on any atom is 0.337 e. The van der Waals surface area contributed by atoms with E-state index in [1.807, 2.05) is 43.3 Å². The normalized spacial score (nSPS) is 10.4. The number of carbonyl (C=O) groups is 3. The van der Waals surface area contributed by atoms with Gasteiger partial charge in [0.05, 0.1) is 24.9 Å². The molecule has 0 aliphatic heterocycles. The highest BCUT2D eigenvalue weighted by Crippen LogP contribution is 2.25. The lowest BCUT2D eigenvalue weighted by Crippen LogP contribution is -2.28. The van der Waals surface area contributed by atoms with Crippen molar-refractivity contribution in [1.29, 1.82) is 0 Å². The molecule has 37 heavy (non-hydrogen) atoms. The van der Waals surface area contributed by atoms with Gasteiger partial charge in [0, 0.05) is 31.4 Å². The van der Waals surface area contributed by atoms with E-state index >= 15 is 0 Å². The zero-order valence-corrected chi connectivity index (χ0v) is 21.2. The van der Waals surface area contributed by atoms with Gasteiger partial charge in [-0.15, -0.1) is 0 Å². The van der Waals surface area contributed by atoms with Crippen LogP contribution < -0.4 is 26.0 Å². The lowest BCUT2D eigenvalue weighted by atomic mass is 10.1. The number of anilines is 3. The molecule has 0 saturated carbocycles. The van der Waals surface area contributed by atoms with Gasteiger partial charge in [-0.25, -0.2) is 9.59 Å². The first-order chi connectivity index (χ1) is 17.9. The van der Waals surface area contributed by atoms with Crippen LogP contribution in [-0.4, -0.2) is 51.6 Å². The van der Waals surface area contributed by atoms with Crippen molar-refractivity contribution in [2.75, 3.05) is 49.8 Å². The fourth-order valence-corrected chi connectivity index (χ4v) is 3.55. The van der Waals surface area contributed by atoms with Gasteiger partial charge < -0.3 is 30.7 Å². The number of urea groups is 1. The molecule has 0 radical (unpaired) electrons. The van der Waals surface area contributed by atoms with Gasteiger partial charge in [-0.2, -0.15) is 0 Å². The number of carbonyl (C=O) groups excluding carboxylic acids is 3. The van der Waals surface area contributed by atoms with E-state index < -0.39 is 5.97 Å². The van der Waals surface area contributed by atoms with E-state index in [2.05, 4.69) is 21.3 Å².